The molecule has 1 aromatic rings. The second kappa shape index (κ2) is 6.58. The molecule has 0 aliphatic carbocycles. The third-order valence-electron chi connectivity index (χ3n) is 2.65. The van der Waals surface area contributed by atoms with Gasteiger partial charge in [-0.25, -0.2) is 8.42 Å². The van der Waals surface area contributed by atoms with Crippen LogP contribution in [0.4, 0.5) is 13.2 Å². The summed E-state index contributed by atoms with van der Waals surface area (Å²) in [5.74, 6) is -3.16. The third kappa shape index (κ3) is 4.19. The van der Waals surface area contributed by atoms with Gasteiger partial charge in [0.15, 0.2) is 5.92 Å². The summed E-state index contributed by atoms with van der Waals surface area (Å²) in [6.07, 6.45) is -4.66. The maximum Gasteiger partial charge on any atom is 0.416 e. The highest BCUT2D eigenvalue weighted by Crippen LogP contribution is 2.32. The lowest BCUT2D eigenvalue weighted by Crippen LogP contribution is -2.16. The van der Waals surface area contributed by atoms with Gasteiger partial charge in [-0.3, -0.25) is 4.79 Å². The molecule has 1 rings (SSSR count). The molecular formula is C12H10F3NO4S. The molecule has 1 aromatic carbocycles. The van der Waals surface area contributed by atoms with Crippen LogP contribution in [0.2, 0.25) is 0 Å². The van der Waals surface area contributed by atoms with Crippen LogP contribution >= 0.6 is 0 Å². The lowest BCUT2D eigenvalue weighted by molar-refractivity contribution is -0.141. The van der Waals surface area contributed by atoms with Crippen molar-refractivity contribution in [1.29, 1.82) is 5.26 Å². The summed E-state index contributed by atoms with van der Waals surface area (Å²) in [5, 5.41) is 8.94. The van der Waals surface area contributed by atoms with Gasteiger partial charge in [-0.15, -0.1) is 0 Å². The molecule has 5 nitrogen and oxygen atoms in total. The van der Waals surface area contributed by atoms with Gasteiger partial charge < -0.3 is 4.74 Å². The SMILES string of the molecule is COC(=O)C(C#N)c1ccc(C(F)(F)F)cc1C[SH](=O)=O. The van der Waals surface area contributed by atoms with Crippen molar-refractivity contribution in [2.24, 2.45) is 0 Å². The van der Waals surface area contributed by atoms with E-state index in [9.17, 15) is 26.4 Å². The Morgan fingerprint density at radius 2 is 2.05 bits per heavy atom. The van der Waals surface area contributed by atoms with Crippen molar-refractivity contribution in [3.63, 3.8) is 0 Å². The standard InChI is InChI=1S/C12H10F3NO4S/c1-20-11(17)10(5-16)9-3-2-8(12(13,14)15)4-7(9)6-21(18)19/h2-4,10,21H,6H2,1H3. The van der Waals surface area contributed by atoms with Crippen molar-refractivity contribution in [1.82, 2.24) is 0 Å². The molecule has 0 aromatic heterocycles. The highest BCUT2D eigenvalue weighted by atomic mass is 32.2. The van der Waals surface area contributed by atoms with E-state index in [1.54, 1.807) is 6.07 Å². The van der Waals surface area contributed by atoms with Crippen molar-refractivity contribution in [2.45, 2.75) is 17.8 Å². The Labute approximate surface area is 119 Å². The second-order valence-corrected chi connectivity index (χ2v) is 4.97. The molecule has 114 valence electrons. The van der Waals surface area contributed by atoms with E-state index in [4.69, 9.17) is 5.26 Å². The number of carbonyl (C=O) groups is 1. The summed E-state index contributed by atoms with van der Waals surface area (Å²) < 4.78 is 63.9. The number of nitriles is 1. The number of nitrogens with zero attached hydrogens (tertiary/aromatic N) is 1. The van der Waals surface area contributed by atoms with Crippen LogP contribution in [0.1, 0.15) is 22.6 Å². The number of hydrogen-bond donors (Lipinski definition) is 1. The minimum Gasteiger partial charge on any atom is -0.468 e. The predicted octanol–water partition coefficient (Wildman–Crippen LogP) is 1.60. The Morgan fingerprint density at radius 3 is 2.48 bits per heavy atom. The van der Waals surface area contributed by atoms with E-state index in [2.05, 4.69) is 4.74 Å². The Kier molecular flexibility index (Phi) is 5.32. The number of benzene rings is 1. The molecule has 0 aliphatic heterocycles. The minimum atomic E-state index is -4.66. The van der Waals surface area contributed by atoms with Gasteiger partial charge in [0.2, 0.25) is 0 Å². The maximum atomic E-state index is 12.6. The number of carbonyl (C=O) groups excluding carboxylic acids is 1. The molecule has 0 saturated carbocycles. The molecule has 0 spiro atoms. The number of hydrogen-bond acceptors (Lipinski definition) is 5. The van der Waals surface area contributed by atoms with E-state index in [1.165, 1.54) is 0 Å². The monoisotopic (exact) mass is 321 g/mol. The Bertz CT molecular complexity index is 653. The molecule has 9 heteroatoms. The molecule has 0 heterocycles. The van der Waals surface area contributed by atoms with Crippen LogP contribution in [0.25, 0.3) is 0 Å². The summed E-state index contributed by atoms with van der Waals surface area (Å²) in [6.45, 7) is 0. The van der Waals surface area contributed by atoms with E-state index in [1.807, 2.05) is 0 Å². The fourth-order valence-electron chi connectivity index (χ4n) is 1.71. The van der Waals surface area contributed by atoms with E-state index in [-0.39, 0.29) is 11.1 Å². The van der Waals surface area contributed by atoms with E-state index in [0.717, 1.165) is 13.2 Å². The normalized spacial score (nSPS) is 12.8. The first-order valence-corrected chi connectivity index (χ1v) is 6.86. The summed E-state index contributed by atoms with van der Waals surface area (Å²) in [6, 6.07) is 3.81. The summed E-state index contributed by atoms with van der Waals surface area (Å²) in [5.41, 5.74) is -1.42. The Hall–Kier alpha value is -2.08. The topological polar surface area (TPSA) is 84.2 Å². The lowest BCUT2D eigenvalue weighted by Gasteiger charge is -2.14. The number of halogens is 3. The van der Waals surface area contributed by atoms with Gasteiger partial charge in [0.25, 0.3) is 0 Å². The second-order valence-electron chi connectivity index (χ2n) is 3.99. The van der Waals surface area contributed by atoms with Crippen molar-refractivity contribution in [3.8, 4) is 6.07 Å². The largest absolute Gasteiger partial charge is 0.468 e. The molecule has 0 saturated heterocycles. The fourth-order valence-corrected chi connectivity index (χ4v) is 2.26. The predicted molar refractivity (Wildman–Crippen MR) is 65.8 cm³/mol. The molecule has 0 aliphatic rings. The number of thiol groups is 1. The number of methoxy groups -OCH3 is 1. The van der Waals surface area contributed by atoms with Crippen LogP contribution in [0, 0.1) is 11.3 Å². The maximum absolute atomic E-state index is 12.6. The number of alkyl halides is 3. The highest BCUT2D eigenvalue weighted by molar-refractivity contribution is 7.71. The molecule has 0 fully saturated rings. The molecule has 0 N–H and O–H groups in total. The zero-order valence-corrected chi connectivity index (χ0v) is 11.6. The van der Waals surface area contributed by atoms with E-state index < -0.39 is 40.1 Å². The first kappa shape index (κ1) is 17.0. The van der Waals surface area contributed by atoms with Crippen molar-refractivity contribution in [3.05, 3.63) is 34.9 Å². The van der Waals surface area contributed by atoms with Crippen LogP contribution in [-0.2, 0) is 32.2 Å². The lowest BCUT2D eigenvalue weighted by atomic mass is 9.94. The highest BCUT2D eigenvalue weighted by Gasteiger charge is 2.32. The van der Waals surface area contributed by atoms with Gasteiger partial charge in [-0.05, 0) is 23.3 Å². The molecule has 0 radical (unpaired) electrons. The average molecular weight is 321 g/mol. The van der Waals surface area contributed by atoms with Gasteiger partial charge in [-0.2, -0.15) is 18.4 Å². The Balaban J connectivity index is 3.44. The first-order valence-electron chi connectivity index (χ1n) is 5.50. The zero-order valence-electron chi connectivity index (χ0n) is 10.7. The van der Waals surface area contributed by atoms with Crippen LogP contribution in [0.15, 0.2) is 18.2 Å². The van der Waals surface area contributed by atoms with Crippen LogP contribution < -0.4 is 0 Å². The fraction of sp³-hybridized carbons (Fsp3) is 0.333. The third-order valence-corrected chi connectivity index (χ3v) is 3.25. The molecule has 0 amide bonds. The van der Waals surface area contributed by atoms with E-state index >= 15 is 0 Å². The summed E-state index contributed by atoms with van der Waals surface area (Å²) in [7, 11) is -2.01. The molecule has 21 heavy (non-hydrogen) atoms. The molecule has 0 bridgehead atoms. The van der Waals surface area contributed by atoms with Crippen LogP contribution in [-0.4, -0.2) is 21.5 Å². The first-order chi connectivity index (χ1) is 9.70. The summed E-state index contributed by atoms with van der Waals surface area (Å²) >= 11 is 0. The van der Waals surface area contributed by atoms with Crippen LogP contribution in [0.5, 0.6) is 0 Å². The molecule has 1 atom stereocenters. The Morgan fingerprint density at radius 1 is 1.43 bits per heavy atom. The van der Waals surface area contributed by atoms with Crippen molar-refractivity contribution < 1.29 is 31.1 Å². The quantitative estimate of drug-likeness (QED) is 0.672. The number of ether oxygens (including phenoxy) is 1. The summed E-state index contributed by atoms with van der Waals surface area (Å²) in [4.78, 5) is 11.4. The van der Waals surface area contributed by atoms with Gasteiger partial charge in [-0.1, -0.05) is 6.07 Å². The number of esters is 1. The van der Waals surface area contributed by atoms with Crippen molar-refractivity contribution >= 4 is 16.7 Å². The van der Waals surface area contributed by atoms with Crippen molar-refractivity contribution in [2.75, 3.05) is 7.11 Å². The average Bonchev–Trinajstić information content (AvgIpc) is 2.38. The van der Waals surface area contributed by atoms with E-state index in [0.29, 0.717) is 12.1 Å². The van der Waals surface area contributed by atoms with Gasteiger partial charge in [0.1, 0.15) is 10.7 Å². The smallest absolute Gasteiger partial charge is 0.416 e. The van der Waals surface area contributed by atoms with Gasteiger partial charge >= 0.3 is 12.1 Å². The van der Waals surface area contributed by atoms with Gasteiger partial charge in [0, 0.05) is 0 Å². The zero-order chi connectivity index (χ0) is 16.2. The van der Waals surface area contributed by atoms with Crippen LogP contribution in [0.3, 0.4) is 0 Å². The van der Waals surface area contributed by atoms with Gasteiger partial charge in [0.05, 0.1) is 24.5 Å². The number of rotatable bonds is 4. The minimum absolute atomic E-state index is 0.114. The molecule has 1 unspecified atom stereocenters. The molecular weight excluding hydrogens is 311 g/mol.